The smallest absolute Gasteiger partial charge is 0.300 e. The van der Waals surface area contributed by atoms with Crippen LogP contribution < -0.4 is 26.1 Å². The Bertz CT molecular complexity index is 2160. The minimum absolute atomic E-state index is 0.240. The van der Waals surface area contributed by atoms with Gasteiger partial charge in [0.05, 0.1) is 18.4 Å². The van der Waals surface area contributed by atoms with Gasteiger partial charge in [-0.3, -0.25) is 24.0 Å². The number of aryl methyl sites for hydroxylation is 2. The van der Waals surface area contributed by atoms with Crippen LogP contribution in [0.25, 0.3) is 0 Å². The van der Waals surface area contributed by atoms with Crippen LogP contribution in [0.3, 0.4) is 0 Å². The maximum absolute atomic E-state index is 14.9. The Morgan fingerprint density at radius 3 is 1.49 bits per heavy atom. The van der Waals surface area contributed by atoms with E-state index in [9.17, 15) is 14.4 Å². The van der Waals surface area contributed by atoms with Crippen LogP contribution in [0.1, 0.15) is 53.9 Å². The third kappa shape index (κ3) is 7.84. The van der Waals surface area contributed by atoms with Crippen LogP contribution in [0.5, 0.6) is 0 Å². The Morgan fingerprint density at radius 1 is 0.585 bits per heavy atom. The predicted molar refractivity (Wildman–Crippen MR) is 218 cm³/mol. The summed E-state index contributed by atoms with van der Waals surface area (Å²) in [6.45, 7) is 9.47. The zero-order chi connectivity index (χ0) is 37.6. The predicted octanol–water partition coefficient (Wildman–Crippen LogP) is 8.98. The van der Waals surface area contributed by atoms with Gasteiger partial charge in [0.25, 0.3) is 11.7 Å². The highest BCUT2D eigenvalue weighted by molar-refractivity contribution is 7.87. The summed E-state index contributed by atoms with van der Waals surface area (Å²) in [5.74, 6) is -1.95. The SMILES string of the molecule is Cc1cccc(C)c1N(C(=O)C(=O)c1ccccc1)C(C(=O)NC(C)(C)C)c1ccccc1N=P(c1ccccc1)(c1ccccc1)c1ccccc1. The van der Waals surface area contributed by atoms with Gasteiger partial charge in [0.15, 0.2) is 0 Å². The van der Waals surface area contributed by atoms with Gasteiger partial charge >= 0.3 is 0 Å². The largest absolute Gasteiger partial charge is 0.349 e. The number of hydrogen-bond acceptors (Lipinski definition) is 4. The molecule has 0 saturated heterocycles. The zero-order valence-corrected chi connectivity index (χ0v) is 31.6. The molecule has 0 fully saturated rings. The number of carbonyl (C=O) groups excluding carboxylic acids is 3. The summed E-state index contributed by atoms with van der Waals surface area (Å²) < 4.78 is 5.79. The molecule has 1 unspecified atom stereocenters. The van der Waals surface area contributed by atoms with Crippen molar-refractivity contribution in [1.82, 2.24) is 5.32 Å². The molecule has 0 aliphatic heterocycles. The van der Waals surface area contributed by atoms with E-state index < -0.39 is 36.2 Å². The maximum Gasteiger partial charge on any atom is 0.300 e. The van der Waals surface area contributed by atoms with E-state index in [2.05, 4.69) is 41.7 Å². The highest BCUT2D eigenvalue weighted by Crippen LogP contribution is 2.51. The van der Waals surface area contributed by atoms with Gasteiger partial charge in [-0.25, -0.2) is 0 Å². The van der Waals surface area contributed by atoms with Crippen molar-refractivity contribution in [2.24, 2.45) is 4.74 Å². The lowest BCUT2D eigenvalue weighted by molar-refractivity contribution is -0.126. The molecule has 7 heteroatoms. The minimum atomic E-state index is -2.80. The van der Waals surface area contributed by atoms with Crippen molar-refractivity contribution >= 4 is 51.9 Å². The summed E-state index contributed by atoms with van der Waals surface area (Å²) in [7, 11) is -2.80. The second kappa shape index (κ2) is 15.8. The number of hydrogen-bond donors (Lipinski definition) is 1. The lowest BCUT2D eigenvalue weighted by Crippen LogP contribution is -2.51. The van der Waals surface area contributed by atoms with Crippen molar-refractivity contribution in [3.63, 3.8) is 0 Å². The average Bonchev–Trinajstić information content (AvgIpc) is 3.17. The summed E-state index contributed by atoms with van der Waals surface area (Å²) in [5, 5.41) is 6.25. The van der Waals surface area contributed by atoms with Gasteiger partial charge in [-0.15, -0.1) is 0 Å². The molecule has 0 bridgehead atoms. The zero-order valence-electron chi connectivity index (χ0n) is 30.7. The molecule has 0 saturated carbocycles. The third-order valence-corrected chi connectivity index (χ3v) is 12.7. The number of carbonyl (C=O) groups is 3. The van der Waals surface area contributed by atoms with E-state index in [1.165, 1.54) is 4.90 Å². The van der Waals surface area contributed by atoms with E-state index in [-0.39, 0.29) is 5.56 Å². The van der Waals surface area contributed by atoms with Crippen LogP contribution in [0.4, 0.5) is 11.4 Å². The molecule has 6 rings (SSSR count). The van der Waals surface area contributed by atoms with Crippen molar-refractivity contribution in [2.75, 3.05) is 4.90 Å². The van der Waals surface area contributed by atoms with E-state index in [0.29, 0.717) is 16.9 Å². The second-order valence-corrected chi connectivity index (χ2v) is 17.1. The van der Waals surface area contributed by atoms with Crippen molar-refractivity contribution in [1.29, 1.82) is 0 Å². The Morgan fingerprint density at radius 2 is 1.02 bits per heavy atom. The third-order valence-electron chi connectivity index (χ3n) is 9.01. The number of Topliss-reactive ketones (excluding diaryl/α,β-unsaturated/α-hetero) is 1. The molecule has 0 aliphatic carbocycles. The number of amides is 2. The molecule has 0 spiro atoms. The van der Waals surface area contributed by atoms with E-state index in [1.807, 2.05) is 132 Å². The van der Waals surface area contributed by atoms with Gasteiger partial charge in [-0.1, -0.05) is 158 Å². The van der Waals surface area contributed by atoms with Gasteiger partial charge < -0.3 is 5.32 Å². The number of para-hydroxylation sites is 1. The number of anilines is 1. The molecule has 1 N–H and O–H groups in total. The molecule has 6 nitrogen and oxygen atoms in total. The molecule has 0 aliphatic rings. The topological polar surface area (TPSA) is 78.8 Å². The Labute approximate surface area is 312 Å². The number of benzene rings is 6. The summed E-state index contributed by atoms with van der Waals surface area (Å²) in [6, 6.07) is 51.2. The highest BCUT2D eigenvalue weighted by Gasteiger charge is 2.40. The molecule has 266 valence electrons. The van der Waals surface area contributed by atoms with Gasteiger partial charge in [-0.05, 0) is 51.8 Å². The molecular weight excluding hydrogens is 673 g/mol. The maximum atomic E-state index is 14.9. The molecule has 0 radical (unpaired) electrons. The first kappa shape index (κ1) is 36.9. The lowest BCUT2D eigenvalue weighted by Gasteiger charge is -2.36. The quantitative estimate of drug-likeness (QED) is 0.0873. The Balaban J connectivity index is 1.71. The van der Waals surface area contributed by atoms with Gasteiger partial charge in [-0.2, -0.15) is 0 Å². The van der Waals surface area contributed by atoms with E-state index >= 15 is 0 Å². The fraction of sp³-hybridized carbons (Fsp3) is 0.152. The van der Waals surface area contributed by atoms with Crippen LogP contribution >= 0.6 is 7.05 Å². The van der Waals surface area contributed by atoms with Gasteiger partial charge in [0.2, 0.25) is 5.91 Å². The van der Waals surface area contributed by atoms with Gasteiger partial charge in [0, 0.05) is 32.6 Å². The number of ketones is 1. The van der Waals surface area contributed by atoms with Gasteiger partial charge in [0.1, 0.15) is 6.04 Å². The van der Waals surface area contributed by atoms with Crippen LogP contribution in [-0.2, 0) is 9.59 Å². The normalized spacial score (nSPS) is 12.0. The van der Waals surface area contributed by atoms with Crippen molar-refractivity contribution in [3.05, 3.63) is 186 Å². The molecule has 1 atom stereocenters. The van der Waals surface area contributed by atoms with Crippen molar-refractivity contribution < 1.29 is 14.4 Å². The van der Waals surface area contributed by atoms with Crippen LogP contribution in [0, 0.1) is 13.8 Å². The summed E-state index contributed by atoms with van der Waals surface area (Å²) in [6.07, 6.45) is 0. The van der Waals surface area contributed by atoms with Crippen LogP contribution in [0.2, 0.25) is 0 Å². The molecule has 6 aromatic rings. The number of nitrogens with zero attached hydrogens (tertiary/aromatic N) is 2. The standard InChI is InChI=1S/C46H44N3O3P/c1-33-21-20-22-34(2)41(33)49(45(52)43(50)35-23-10-6-11-24-35)42(44(51)47-46(3,4)5)39-31-18-19-32-40(39)48-53(36-25-12-7-13-26-36,37-27-14-8-15-28-37)38-29-16-9-17-30-38/h6-32,42H,1-5H3,(H,47,51). The molecule has 0 heterocycles. The van der Waals surface area contributed by atoms with E-state index in [1.54, 1.807) is 30.3 Å². The van der Waals surface area contributed by atoms with Crippen LogP contribution in [-0.4, -0.2) is 23.1 Å². The van der Waals surface area contributed by atoms with Crippen molar-refractivity contribution in [2.45, 2.75) is 46.2 Å². The van der Waals surface area contributed by atoms with Crippen molar-refractivity contribution in [3.8, 4) is 0 Å². The average molecular weight is 718 g/mol. The van der Waals surface area contributed by atoms with Crippen LogP contribution in [0.15, 0.2) is 169 Å². The fourth-order valence-corrected chi connectivity index (χ4v) is 10.3. The summed E-state index contributed by atoms with van der Waals surface area (Å²) in [5.41, 5.74) is 2.63. The fourth-order valence-electron chi connectivity index (χ4n) is 6.71. The molecular formula is C46H44N3O3P. The summed E-state index contributed by atoms with van der Waals surface area (Å²) in [4.78, 5) is 45.4. The van der Waals surface area contributed by atoms with E-state index in [0.717, 1.165) is 27.0 Å². The first-order valence-electron chi connectivity index (χ1n) is 17.7. The monoisotopic (exact) mass is 717 g/mol. The first-order chi connectivity index (χ1) is 25.5. The molecule has 53 heavy (non-hydrogen) atoms. The molecule has 6 aromatic carbocycles. The molecule has 0 aromatic heterocycles. The number of rotatable bonds is 10. The molecule has 2 amide bonds. The second-order valence-electron chi connectivity index (χ2n) is 14.1. The minimum Gasteiger partial charge on any atom is -0.349 e. The first-order valence-corrected chi connectivity index (χ1v) is 19.4. The van der Waals surface area contributed by atoms with E-state index in [4.69, 9.17) is 4.74 Å². The number of nitrogens with one attached hydrogen (secondary N) is 1. The Hall–Kier alpha value is -5.84. The lowest BCUT2D eigenvalue weighted by atomic mass is 9.96. The highest BCUT2D eigenvalue weighted by atomic mass is 31.2. The Kier molecular flexibility index (Phi) is 11.0. The summed E-state index contributed by atoms with van der Waals surface area (Å²) >= 11 is 0.